The Morgan fingerprint density at radius 3 is 2.83 bits per heavy atom. The van der Waals surface area contributed by atoms with Crippen molar-refractivity contribution in [3.05, 3.63) is 76.6 Å². The number of carbonyl (C=O) groups excluding carboxylic acids is 1. The van der Waals surface area contributed by atoms with Crippen LogP contribution in [0.2, 0.25) is 0 Å². The number of likely N-dealkylation sites (tertiary alicyclic amines) is 1. The normalized spacial score (nSPS) is 17.0. The SMILES string of the molecule is C[C@@H](Oc1ccccc1F)C(=O)N1CC[C@H](c2cc(=O)[nH]c(-c3ccccn3)n2)C1. The maximum Gasteiger partial charge on any atom is 0.263 e. The molecule has 0 radical (unpaired) electrons. The number of H-pyrrole nitrogens is 1. The molecule has 1 amide bonds. The van der Waals surface area contributed by atoms with E-state index < -0.39 is 11.9 Å². The summed E-state index contributed by atoms with van der Waals surface area (Å²) in [4.78, 5) is 38.1. The Balaban J connectivity index is 1.47. The number of para-hydroxylation sites is 1. The second-order valence-electron chi connectivity index (χ2n) is 7.19. The summed E-state index contributed by atoms with van der Waals surface area (Å²) >= 11 is 0. The van der Waals surface area contributed by atoms with Gasteiger partial charge in [-0.25, -0.2) is 9.37 Å². The molecule has 154 valence electrons. The zero-order valence-electron chi connectivity index (χ0n) is 16.4. The first-order valence-electron chi connectivity index (χ1n) is 9.74. The molecule has 3 heterocycles. The lowest BCUT2D eigenvalue weighted by Gasteiger charge is -2.22. The van der Waals surface area contributed by atoms with E-state index in [-0.39, 0.29) is 23.1 Å². The Morgan fingerprint density at radius 1 is 1.27 bits per heavy atom. The molecular formula is C22H21FN4O3. The number of aromatic amines is 1. The van der Waals surface area contributed by atoms with Crippen LogP contribution in [0.15, 0.2) is 59.5 Å². The van der Waals surface area contributed by atoms with Gasteiger partial charge < -0.3 is 14.6 Å². The van der Waals surface area contributed by atoms with Crippen LogP contribution in [-0.4, -0.2) is 45.0 Å². The van der Waals surface area contributed by atoms with Crippen molar-refractivity contribution in [1.29, 1.82) is 0 Å². The van der Waals surface area contributed by atoms with Crippen LogP contribution in [0.4, 0.5) is 4.39 Å². The minimum absolute atomic E-state index is 0.0466. The molecule has 1 fully saturated rings. The first-order chi connectivity index (χ1) is 14.5. The number of rotatable bonds is 5. The van der Waals surface area contributed by atoms with Gasteiger partial charge >= 0.3 is 0 Å². The van der Waals surface area contributed by atoms with Crippen molar-refractivity contribution >= 4 is 5.91 Å². The number of nitrogens with one attached hydrogen (secondary N) is 1. The molecule has 1 aliphatic rings. The molecule has 0 unspecified atom stereocenters. The van der Waals surface area contributed by atoms with E-state index in [0.717, 1.165) is 0 Å². The summed E-state index contributed by atoms with van der Waals surface area (Å²) in [6.07, 6.45) is 1.49. The highest BCUT2D eigenvalue weighted by Gasteiger charge is 2.32. The molecule has 2 aromatic heterocycles. The van der Waals surface area contributed by atoms with E-state index in [1.165, 1.54) is 18.2 Å². The number of amides is 1. The Bertz CT molecular complexity index is 1100. The molecule has 0 saturated carbocycles. The number of aromatic nitrogens is 3. The number of carbonyl (C=O) groups is 1. The van der Waals surface area contributed by atoms with Crippen LogP contribution in [0.1, 0.15) is 25.0 Å². The van der Waals surface area contributed by atoms with Gasteiger partial charge in [0.2, 0.25) is 0 Å². The van der Waals surface area contributed by atoms with Gasteiger partial charge in [-0.15, -0.1) is 0 Å². The van der Waals surface area contributed by atoms with Crippen LogP contribution in [0.3, 0.4) is 0 Å². The van der Waals surface area contributed by atoms with Gasteiger partial charge in [-0.2, -0.15) is 0 Å². The smallest absolute Gasteiger partial charge is 0.263 e. The van der Waals surface area contributed by atoms with Crippen molar-refractivity contribution in [3.8, 4) is 17.3 Å². The van der Waals surface area contributed by atoms with E-state index in [1.54, 1.807) is 42.3 Å². The minimum atomic E-state index is -0.822. The molecule has 4 rings (SSSR count). The van der Waals surface area contributed by atoms with E-state index in [0.29, 0.717) is 36.7 Å². The van der Waals surface area contributed by atoms with Crippen molar-refractivity contribution in [3.63, 3.8) is 0 Å². The van der Waals surface area contributed by atoms with Gasteiger partial charge in [-0.05, 0) is 37.6 Å². The average molecular weight is 408 g/mol. The Hall–Kier alpha value is -3.55. The second kappa shape index (κ2) is 8.44. The lowest BCUT2D eigenvalue weighted by Crippen LogP contribution is -2.39. The van der Waals surface area contributed by atoms with Crippen LogP contribution in [0.5, 0.6) is 5.75 Å². The van der Waals surface area contributed by atoms with E-state index in [2.05, 4.69) is 15.0 Å². The molecule has 8 heteroatoms. The van der Waals surface area contributed by atoms with Gasteiger partial charge in [-0.3, -0.25) is 14.6 Å². The Labute approximate surface area is 172 Å². The van der Waals surface area contributed by atoms with E-state index in [1.807, 2.05) is 6.07 Å². The second-order valence-corrected chi connectivity index (χ2v) is 7.19. The quantitative estimate of drug-likeness (QED) is 0.701. The molecule has 0 spiro atoms. The van der Waals surface area contributed by atoms with Crippen molar-refractivity contribution in [2.75, 3.05) is 13.1 Å². The highest BCUT2D eigenvalue weighted by atomic mass is 19.1. The van der Waals surface area contributed by atoms with Crippen LogP contribution in [0.25, 0.3) is 11.5 Å². The highest BCUT2D eigenvalue weighted by molar-refractivity contribution is 5.81. The Kier molecular flexibility index (Phi) is 5.56. The van der Waals surface area contributed by atoms with E-state index in [9.17, 15) is 14.0 Å². The van der Waals surface area contributed by atoms with Crippen molar-refractivity contribution in [2.45, 2.75) is 25.4 Å². The third kappa shape index (κ3) is 4.22. The van der Waals surface area contributed by atoms with Crippen molar-refractivity contribution in [1.82, 2.24) is 19.9 Å². The van der Waals surface area contributed by atoms with Crippen LogP contribution < -0.4 is 10.3 Å². The molecular weight excluding hydrogens is 387 g/mol. The van der Waals surface area contributed by atoms with Gasteiger partial charge in [-0.1, -0.05) is 18.2 Å². The zero-order chi connectivity index (χ0) is 21.1. The number of pyridine rings is 1. The number of hydrogen-bond acceptors (Lipinski definition) is 5. The number of hydrogen-bond donors (Lipinski definition) is 1. The predicted octanol–water partition coefficient (Wildman–Crippen LogP) is 2.75. The number of ether oxygens (including phenoxy) is 1. The molecule has 0 bridgehead atoms. The zero-order valence-corrected chi connectivity index (χ0v) is 16.4. The molecule has 7 nitrogen and oxygen atoms in total. The predicted molar refractivity (Wildman–Crippen MR) is 109 cm³/mol. The molecule has 1 aromatic carbocycles. The van der Waals surface area contributed by atoms with Crippen LogP contribution >= 0.6 is 0 Å². The largest absolute Gasteiger partial charge is 0.478 e. The van der Waals surface area contributed by atoms with Crippen LogP contribution in [0, 0.1) is 5.82 Å². The topological polar surface area (TPSA) is 88.2 Å². The van der Waals surface area contributed by atoms with Gasteiger partial charge in [0.05, 0.1) is 5.69 Å². The first-order valence-corrected chi connectivity index (χ1v) is 9.74. The Morgan fingerprint density at radius 2 is 2.07 bits per heavy atom. The lowest BCUT2D eigenvalue weighted by atomic mass is 10.0. The maximum absolute atomic E-state index is 13.8. The summed E-state index contributed by atoms with van der Waals surface area (Å²) in [5.41, 5.74) is 0.938. The standard InChI is InChI=1S/C22H21FN4O3/c1-14(30-19-8-3-2-6-16(19)23)22(29)27-11-9-15(13-27)18-12-20(28)26-21(25-18)17-7-4-5-10-24-17/h2-8,10,12,14-15H,9,11,13H2,1H3,(H,25,26,28)/t14-,15+/m1/s1. The van der Waals surface area contributed by atoms with Crippen molar-refractivity contribution < 1.29 is 13.9 Å². The third-order valence-corrected chi connectivity index (χ3v) is 5.08. The monoisotopic (exact) mass is 408 g/mol. The average Bonchev–Trinajstić information content (AvgIpc) is 3.25. The maximum atomic E-state index is 13.8. The lowest BCUT2D eigenvalue weighted by molar-refractivity contribution is -0.136. The number of nitrogens with zero attached hydrogens (tertiary/aromatic N) is 3. The number of benzene rings is 1. The van der Waals surface area contributed by atoms with Gasteiger partial charge in [0.15, 0.2) is 23.5 Å². The fraction of sp³-hybridized carbons (Fsp3) is 0.273. The summed E-state index contributed by atoms with van der Waals surface area (Å²) in [5, 5.41) is 0. The molecule has 3 aromatic rings. The third-order valence-electron chi connectivity index (χ3n) is 5.08. The summed E-state index contributed by atoms with van der Waals surface area (Å²) in [6.45, 7) is 2.54. The summed E-state index contributed by atoms with van der Waals surface area (Å²) in [7, 11) is 0. The molecule has 1 saturated heterocycles. The van der Waals surface area contributed by atoms with Crippen molar-refractivity contribution in [2.24, 2.45) is 0 Å². The fourth-order valence-electron chi connectivity index (χ4n) is 3.55. The summed E-state index contributed by atoms with van der Waals surface area (Å²) in [6, 6.07) is 12.8. The number of halogens is 1. The molecule has 0 aliphatic carbocycles. The van der Waals surface area contributed by atoms with E-state index in [4.69, 9.17) is 4.74 Å². The molecule has 1 N–H and O–H groups in total. The van der Waals surface area contributed by atoms with Crippen LogP contribution in [-0.2, 0) is 4.79 Å². The molecule has 1 aliphatic heterocycles. The first kappa shape index (κ1) is 19.8. The van der Waals surface area contributed by atoms with Gasteiger partial charge in [0.1, 0.15) is 5.69 Å². The minimum Gasteiger partial charge on any atom is -0.478 e. The molecule has 30 heavy (non-hydrogen) atoms. The summed E-state index contributed by atoms with van der Waals surface area (Å²) < 4.78 is 19.3. The highest BCUT2D eigenvalue weighted by Crippen LogP contribution is 2.27. The summed E-state index contributed by atoms with van der Waals surface area (Å²) in [5.74, 6) is -0.356. The molecule has 2 atom stereocenters. The van der Waals surface area contributed by atoms with Gasteiger partial charge in [0, 0.05) is 31.3 Å². The van der Waals surface area contributed by atoms with E-state index >= 15 is 0 Å². The van der Waals surface area contributed by atoms with Gasteiger partial charge in [0.25, 0.3) is 11.5 Å². The fourth-order valence-corrected chi connectivity index (χ4v) is 3.55.